The van der Waals surface area contributed by atoms with Crippen LogP contribution in [0, 0.1) is 0 Å². The molecule has 39 heavy (non-hydrogen) atoms. The summed E-state index contributed by atoms with van der Waals surface area (Å²) in [6, 6.07) is 38.1. The maximum absolute atomic E-state index is 10.9. The molecule has 0 bridgehead atoms. The zero-order chi connectivity index (χ0) is 27.0. The van der Waals surface area contributed by atoms with Crippen LogP contribution in [0.2, 0.25) is 0 Å². The van der Waals surface area contributed by atoms with Crippen LogP contribution in [-0.2, 0) is 11.3 Å². The van der Waals surface area contributed by atoms with Crippen molar-refractivity contribution in [3.8, 4) is 0 Å². The monoisotopic (exact) mass is 522 g/mol. The summed E-state index contributed by atoms with van der Waals surface area (Å²) in [5, 5.41) is 13.4. The van der Waals surface area contributed by atoms with Crippen LogP contribution in [0.3, 0.4) is 0 Å². The Labute approximate surface area is 231 Å². The summed E-state index contributed by atoms with van der Waals surface area (Å²) >= 11 is 0. The van der Waals surface area contributed by atoms with Gasteiger partial charge in [-0.25, -0.2) is 0 Å². The van der Waals surface area contributed by atoms with Crippen molar-refractivity contribution in [3.05, 3.63) is 109 Å². The number of anilines is 2. The lowest BCUT2D eigenvalue weighted by Crippen LogP contribution is -3.12. The molecule has 5 rings (SSSR count). The van der Waals surface area contributed by atoms with E-state index in [-0.39, 0.29) is 6.10 Å². The van der Waals surface area contributed by atoms with Crippen molar-refractivity contribution in [2.24, 2.45) is 0 Å². The van der Waals surface area contributed by atoms with E-state index < -0.39 is 6.10 Å². The third-order valence-corrected chi connectivity index (χ3v) is 7.64. The minimum Gasteiger partial charge on any atom is -0.385 e. The van der Waals surface area contributed by atoms with Gasteiger partial charge in [-0.15, -0.1) is 0 Å². The van der Waals surface area contributed by atoms with Crippen molar-refractivity contribution in [2.45, 2.75) is 32.6 Å². The van der Waals surface area contributed by atoms with Crippen LogP contribution < -0.4 is 9.80 Å². The summed E-state index contributed by atoms with van der Waals surface area (Å²) < 4.78 is 8.99. The van der Waals surface area contributed by atoms with Gasteiger partial charge in [0.2, 0.25) is 0 Å². The summed E-state index contributed by atoms with van der Waals surface area (Å²) in [7, 11) is 0. The highest BCUT2D eigenvalue weighted by Gasteiger charge is 2.22. The topological polar surface area (TPSA) is 42.1 Å². The second kappa shape index (κ2) is 12.9. The second-order valence-corrected chi connectivity index (χ2v) is 10.2. The first kappa shape index (κ1) is 26.9. The third-order valence-electron chi connectivity index (χ3n) is 7.64. The number of aliphatic hydroxyl groups excluding tert-OH is 1. The van der Waals surface area contributed by atoms with Gasteiger partial charge in [0.05, 0.1) is 38.9 Å². The third kappa shape index (κ3) is 6.34. The predicted molar refractivity (Wildman–Crippen MR) is 162 cm³/mol. The Bertz CT molecular complexity index is 1350. The van der Waals surface area contributed by atoms with E-state index in [9.17, 15) is 5.11 Å². The molecule has 5 heteroatoms. The fourth-order valence-corrected chi connectivity index (χ4v) is 5.52. The smallest absolute Gasteiger partial charge is 0.126 e. The van der Waals surface area contributed by atoms with Crippen LogP contribution in [0.5, 0.6) is 0 Å². The number of aromatic nitrogens is 1. The maximum atomic E-state index is 10.9. The molecule has 4 aromatic carbocycles. The predicted octanol–water partition coefficient (Wildman–Crippen LogP) is 5.30. The molecule has 0 amide bonds. The highest BCUT2D eigenvalue weighted by molar-refractivity contribution is 6.07. The highest BCUT2D eigenvalue weighted by atomic mass is 16.5. The lowest BCUT2D eigenvalue weighted by molar-refractivity contribution is -0.899. The second-order valence-electron chi connectivity index (χ2n) is 10.2. The number of ether oxygens (including phenoxy) is 1. The van der Waals surface area contributed by atoms with Crippen molar-refractivity contribution in [1.29, 1.82) is 0 Å². The van der Waals surface area contributed by atoms with Crippen LogP contribution >= 0.6 is 0 Å². The molecular formula is C34H40N3O2+. The molecule has 0 radical (unpaired) electrons. The SMILES string of the molecule is CC[NH+](CC)C[C@@H](O)CO[C@H](CN(c1ccccc1)c1ccccc1)Cn1c2ccccc2c2ccccc21. The largest absolute Gasteiger partial charge is 0.385 e. The Morgan fingerprint density at radius 3 is 1.72 bits per heavy atom. The maximum Gasteiger partial charge on any atom is 0.126 e. The molecule has 5 nitrogen and oxygen atoms in total. The van der Waals surface area contributed by atoms with E-state index in [4.69, 9.17) is 4.74 Å². The Kier molecular flexibility index (Phi) is 8.94. The highest BCUT2D eigenvalue weighted by Crippen LogP contribution is 2.30. The van der Waals surface area contributed by atoms with Gasteiger partial charge < -0.3 is 24.2 Å². The summed E-state index contributed by atoms with van der Waals surface area (Å²) in [4.78, 5) is 3.70. The van der Waals surface area contributed by atoms with Gasteiger partial charge in [-0.1, -0.05) is 72.8 Å². The number of aliphatic hydroxyl groups is 1. The van der Waals surface area contributed by atoms with Crippen LogP contribution in [0.25, 0.3) is 21.8 Å². The first-order chi connectivity index (χ1) is 19.2. The Morgan fingerprint density at radius 2 is 1.21 bits per heavy atom. The van der Waals surface area contributed by atoms with Crippen LogP contribution in [0.1, 0.15) is 13.8 Å². The number of para-hydroxylation sites is 4. The number of fused-ring (bicyclic) bond motifs is 3. The van der Waals surface area contributed by atoms with Crippen molar-refractivity contribution in [2.75, 3.05) is 37.7 Å². The van der Waals surface area contributed by atoms with Gasteiger partial charge >= 0.3 is 0 Å². The van der Waals surface area contributed by atoms with Crippen LogP contribution in [0.15, 0.2) is 109 Å². The molecule has 0 fully saturated rings. The molecule has 1 heterocycles. The van der Waals surface area contributed by atoms with E-state index in [1.165, 1.54) is 26.7 Å². The summed E-state index contributed by atoms with van der Waals surface area (Å²) in [6.45, 7) is 8.64. The average Bonchev–Trinajstić information content (AvgIpc) is 3.31. The van der Waals surface area contributed by atoms with Gasteiger partial charge in [-0.3, -0.25) is 0 Å². The summed E-state index contributed by atoms with van der Waals surface area (Å²) in [5.74, 6) is 0. The number of rotatable bonds is 13. The molecular weight excluding hydrogens is 482 g/mol. The van der Waals surface area contributed by atoms with E-state index in [1.54, 1.807) is 0 Å². The molecule has 2 atom stereocenters. The Hall–Kier alpha value is -3.64. The molecule has 202 valence electrons. The first-order valence-electron chi connectivity index (χ1n) is 14.1. The molecule has 0 unspecified atom stereocenters. The molecule has 2 N–H and O–H groups in total. The Balaban J connectivity index is 1.49. The molecule has 1 aromatic heterocycles. The number of hydrogen-bond donors (Lipinski definition) is 2. The van der Waals surface area contributed by atoms with E-state index >= 15 is 0 Å². The molecule has 0 saturated heterocycles. The van der Waals surface area contributed by atoms with Gasteiger partial charge in [0.15, 0.2) is 0 Å². The van der Waals surface area contributed by atoms with Crippen molar-refractivity contribution in [3.63, 3.8) is 0 Å². The zero-order valence-corrected chi connectivity index (χ0v) is 23.0. The average molecular weight is 523 g/mol. The number of nitrogens with one attached hydrogen (secondary N) is 1. The van der Waals surface area contributed by atoms with Gasteiger partial charge in [0.1, 0.15) is 12.6 Å². The van der Waals surface area contributed by atoms with E-state index in [1.807, 2.05) is 12.1 Å². The van der Waals surface area contributed by atoms with Gasteiger partial charge in [0.25, 0.3) is 0 Å². The number of benzene rings is 4. The van der Waals surface area contributed by atoms with Crippen LogP contribution in [-0.4, -0.2) is 54.7 Å². The zero-order valence-electron chi connectivity index (χ0n) is 23.0. The normalized spacial score (nSPS) is 13.2. The standard InChI is InChI=1S/C34H39N3O2/c1-3-35(4-2)23-29(38)26-39-30(24-36(27-15-7-5-8-16-27)28-17-9-6-10-18-28)25-37-33-21-13-11-19-31(33)32-20-12-14-22-34(32)37/h5-22,29-30,38H,3-4,23-26H2,1-2H3/p+1/t29-,30-/m1/s1. The van der Waals surface area contributed by atoms with Crippen LogP contribution in [0.4, 0.5) is 11.4 Å². The number of quaternary nitrogens is 1. The number of likely N-dealkylation sites (N-methyl/N-ethyl adjacent to an activating group) is 1. The quantitative estimate of drug-likeness (QED) is 0.220. The molecule has 0 aliphatic carbocycles. The Morgan fingerprint density at radius 1 is 0.718 bits per heavy atom. The van der Waals surface area contributed by atoms with Gasteiger partial charge in [-0.2, -0.15) is 0 Å². The van der Waals surface area contributed by atoms with Gasteiger partial charge in [-0.05, 0) is 50.2 Å². The first-order valence-corrected chi connectivity index (χ1v) is 14.1. The van der Waals surface area contributed by atoms with Crippen molar-refractivity contribution >= 4 is 33.2 Å². The minimum atomic E-state index is -0.512. The minimum absolute atomic E-state index is 0.161. The lowest BCUT2D eigenvalue weighted by atomic mass is 10.2. The fraction of sp³-hybridized carbons (Fsp3) is 0.294. The van der Waals surface area contributed by atoms with Crippen molar-refractivity contribution < 1.29 is 14.7 Å². The summed E-state index contributed by atoms with van der Waals surface area (Å²) in [5.41, 5.74) is 4.64. The molecule has 5 aromatic rings. The molecule has 0 saturated carbocycles. The number of hydrogen-bond acceptors (Lipinski definition) is 3. The lowest BCUT2D eigenvalue weighted by Gasteiger charge is -2.31. The summed E-state index contributed by atoms with van der Waals surface area (Å²) in [6.07, 6.45) is -0.673. The number of nitrogens with zero attached hydrogens (tertiary/aromatic N) is 2. The molecule has 0 aliphatic rings. The van der Waals surface area contributed by atoms with Crippen molar-refractivity contribution in [1.82, 2.24) is 4.57 Å². The van der Waals surface area contributed by atoms with Gasteiger partial charge in [0, 0.05) is 33.2 Å². The molecule has 0 spiro atoms. The van der Waals surface area contributed by atoms with E-state index in [2.05, 4.69) is 120 Å². The molecule has 0 aliphatic heterocycles. The van der Waals surface area contributed by atoms with E-state index in [0.717, 1.165) is 24.5 Å². The fourth-order valence-electron chi connectivity index (χ4n) is 5.52. The van der Waals surface area contributed by atoms with E-state index in [0.29, 0.717) is 26.2 Å².